The Morgan fingerprint density at radius 3 is 2.59 bits per heavy atom. The molecule has 2 aromatic carbocycles. The minimum absolute atomic E-state index is 0.0491. The Morgan fingerprint density at radius 2 is 1.82 bits per heavy atom. The van der Waals surface area contributed by atoms with Crippen LogP contribution in [0.2, 0.25) is 5.02 Å². The molecule has 0 spiro atoms. The van der Waals surface area contributed by atoms with E-state index in [0.29, 0.717) is 0 Å². The van der Waals surface area contributed by atoms with Crippen molar-refractivity contribution in [3.63, 3.8) is 0 Å². The van der Waals surface area contributed by atoms with Gasteiger partial charge in [-0.2, -0.15) is 0 Å². The van der Waals surface area contributed by atoms with Crippen molar-refractivity contribution in [2.24, 2.45) is 0 Å². The molecule has 2 aromatic heterocycles. The first-order chi connectivity index (χ1) is 16.5. The first kappa shape index (κ1) is 22.7. The molecule has 8 heteroatoms. The predicted octanol–water partition coefficient (Wildman–Crippen LogP) is 4.93. The van der Waals surface area contributed by atoms with Crippen LogP contribution in [0, 0.1) is 0 Å². The smallest absolute Gasteiger partial charge is 0.173 e. The van der Waals surface area contributed by atoms with Crippen molar-refractivity contribution in [2.45, 2.75) is 38.8 Å². The molecule has 1 atom stereocenters. The summed E-state index contributed by atoms with van der Waals surface area (Å²) in [5.74, 6) is 0.881. The van der Waals surface area contributed by atoms with Gasteiger partial charge in [0.05, 0.1) is 17.1 Å². The lowest BCUT2D eigenvalue weighted by Crippen LogP contribution is -2.48. The zero-order chi connectivity index (χ0) is 23.7. The summed E-state index contributed by atoms with van der Waals surface area (Å²) in [5, 5.41) is 15.0. The molecule has 0 bridgehead atoms. The molecular weight excluding hydrogens is 446 g/mol. The number of anilines is 1. The Morgan fingerprint density at radius 1 is 1.00 bits per heavy atom. The van der Waals surface area contributed by atoms with Gasteiger partial charge in [-0.15, -0.1) is 5.10 Å². The van der Waals surface area contributed by atoms with Crippen LogP contribution in [0.5, 0.6) is 0 Å². The number of benzene rings is 2. The monoisotopic (exact) mass is 475 g/mol. The fourth-order valence-corrected chi connectivity index (χ4v) is 4.83. The van der Waals surface area contributed by atoms with E-state index in [9.17, 15) is 0 Å². The maximum absolute atomic E-state index is 6.25. The quantitative estimate of drug-likeness (QED) is 0.394. The van der Waals surface area contributed by atoms with Gasteiger partial charge in [-0.3, -0.25) is 9.88 Å². The highest BCUT2D eigenvalue weighted by Gasteiger charge is 2.34. The first-order valence-electron chi connectivity index (χ1n) is 11.8. The van der Waals surface area contributed by atoms with Crippen molar-refractivity contribution in [3.05, 3.63) is 77.2 Å². The van der Waals surface area contributed by atoms with Gasteiger partial charge in [-0.05, 0) is 72.7 Å². The van der Waals surface area contributed by atoms with Crippen molar-refractivity contribution in [3.8, 4) is 0 Å². The van der Waals surface area contributed by atoms with E-state index >= 15 is 0 Å². The van der Waals surface area contributed by atoms with E-state index in [0.717, 1.165) is 60.0 Å². The number of aromatic nitrogens is 5. The van der Waals surface area contributed by atoms with Crippen LogP contribution in [0.1, 0.15) is 44.6 Å². The number of hydrogen-bond acceptors (Lipinski definition) is 6. The zero-order valence-corrected chi connectivity index (χ0v) is 20.7. The maximum atomic E-state index is 6.25. The number of halogens is 1. The van der Waals surface area contributed by atoms with Gasteiger partial charge < -0.3 is 4.90 Å². The number of fused-ring (bicyclic) bond motifs is 1. The molecule has 176 valence electrons. The molecule has 5 rings (SSSR count). The molecule has 4 aromatic rings. The fraction of sp³-hybridized carbons (Fsp3) is 0.385. The standard InChI is InChI=1S/C26H30ClN7/c1-4-26(2,3)34-25(29-30-31-34)24(20-10-11-23-19(17-20)7-6-12-28-23)33-15-13-32(14-16-33)22-9-5-8-21(27)18-22/h5-12,17-18,24H,4,13-16H2,1-3H3. The Hall–Kier alpha value is -3.03. The summed E-state index contributed by atoms with van der Waals surface area (Å²) >= 11 is 6.25. The Labute approximate surface area is 205 Å². The SMILES string of the molecule is CCC(C)(C)n1nnnc1C(c1ccc2ncccc2c1)N1CCN(c2cccc(Cl)c2)CC1. The lowest BCUT2D eigenvalue weighted by molar-refractivity contribution is 0.187. The van der Waals surface area contributed by atoms with Gasteiger partial charge in [-0.25, -0.2) is 4.68 Å². The van der Waals surface area contributed by atoms with E-state index in [1.165, 1.54) is 5.56 Å². The van der Waals surface area contributed by atoms with Gasteiger partial charge >= 0.3 is 0 Å². The Kier molecular flexibility index (Phi) is 6.23. The van der Waals surface area contributed by atoms with Crippen molar-refractivity contribution in [2.75, 3.05) is 31.1 Å². The third-order valence-corrected chi connectivity index (χ3v) is 7.21. The molecule has 0 aliphatic carbocycles. The highest BCUT2D eigenvalue weighted by molar-refractivity contribution is 6.30. The van der Waals surface area contributed by atoms with Crippen LogP contribution in [0.15, 0.2) is 60.8 Å². The van der Waals surface area contributed by atoms with Crippen LogP contribution in [0.3, 0.4) is 0 Å². The van der Waals surface area contributed by atoms with Gasteiger partial charge in [0.15, 0.2) is 5.82 Å². The van der Waals surface area contributed by atoms with Crippen molar-refractivity contribution < 1.29 is 0 Å². The molecule has 3 heterocycles. The van der Waals surface area contributed by atoms with E-state index in [1.54, 1.807) is 0 Å². The Balaban J connectivity index is 1.51. The summed E-state index contributed by atoms with van der Waals surface area (Å²) in [4.78, 5) is 9.39. The second-order valence-electron chi connectivity index (χ2n) is 9.48. The number of pyridine rings is 1. The molecule has 1 unspecified atom stereocenters. The fourth-order valence-electron chi connectivity index (χ4n) is 4.64. The second kappa shape index (κ2) is 9.31. The van der Waals surface area contributed by atoms with Crippen LogP contribution in [-0.2, 0) is 5.54 Å². The maximum Gasteiger partial charge on any atom is 0.173 e. The Bertz CT molecular complexity index is 1280. The molecule has 0 saturated carbocycles. The number of rotatable bonds is 6. The molecule has 1 aliphatic heterocycles. The van der Waals surface area contributed by atoms with Crippen LogP contribution in [0.4, 0.5) is 5.69 Å². The first-order valence-corrected chi connectivity index (χ1v) is 12.2. The molecule has 1 saturated heterocycles. The van der Waals surface area contributed by atoms with Crippen molar-refractivity contribution in [1.29, 1.82) is 0 Å². The summed E-state index contributed by atoms with van der Waals surface area (Å²) in [7, 11) is 0. The lowest BCUT2D eigenvalue weighted by atomic mass is 9.98. The molecule has 1 fully saturated rings. The molecule has 0 amide bonds. The average molecular weight is 476 g/mol. The summed E-state index contributed by atoms with van der Waals surface area (Å²) in [6.45, 7) is 10.1. The third-order valence-electron chi connectivity index (χ3n) is 6.97. The summed E-state index contributed by atoms with van der Waals surface area (Å²) < 4.78 is 2.01. The van der Waals surface area contributed by atoms with Crippen LogP contribution in [-0.4, -0.2) is 56.3 Å². The average Bonchev–Trinajstić information content (AvgIpc) is 3.35. The van der Waals surface area contributed by atoms with Gasteiger partial charge in [0.1, 0.15) is 0 Å². The number of nitrogens with zero attached hydrogens (tertiary/aromatic N) is 7. The van der Waals surface area contributed by atoms with Gasteiger partial charge in [-0.1, -0.05) is 36.7 Å². The number of hydrogen-bond donors (Lipinski definition) is 0. The topological polar surface area (TPSA) is 63.0 Å². The van der Waals surface area contributed by atoms with Gasteiger partial charge in [0, 0.05) is 48.5 Å². The van der Waals surface area contributed by atoms with Gasteiger partial charge in [0.2, 0.25) is 0 Å². The highest BCUT2D eigenvalue weighted by atomic mass is 35.5. The van der Waals surface area contributed by atoms with Crippen LogP contribution in [0.25, 0.3) is 10.9 Å². The van der Waals surface area contributed by atoms with E-state index in [1.807, 2.05) is 35.1 Å². The molecule has 7 nitrogen and oxygen atoms in total. The van der Waals surface area contributed by atoms with Crippen LogP contribution < -0.4 is 4.90 Å². The van der Waals surface area contributed by atoms with Gasteiger partial charge in [0.25, 0.3) is 0 Å². The molecule has 1 aliphatic rings. The third kappa shape index (κ3) is 4.38. The molecule has 0 N–H and O–H groups in total. The molecule has 34 heavy (non-hydrogen) atoms. The van der Waals surface area contributed by atoms with E-state index < -0.39 is 0 Å². The van der Waals surface area contributed by atoms with Crippen LogP contribution >= 0.6 is 11.6 Å². The summed E-state index contributed by atoms with van der Waals surface area (Å²) in [5.41, 5.74) is 3.15. The summed E-state index contributed by atoms with van der Waals surface area (Å²) in [6.07, 6.45) is 2.76. The largest absolute Gasteiger partial charge is 0.369 e. The van der Waals surface area contributed by atoms with E-state index in [2.05, 4.69) is 81.4 Å². The van der Waals surface area contributed by atoms with Crippen molar-refractivity contribution >= 4 is 28.2 Å². The lowest BCUT2D eigenvalue weighted by Gasteiger charge is -2.40. The minimum atomic E-state index is -0.182. The predicted molar refractivity (Wildman–Crippen MR) is 136 cm³/mol. The summed E-state index contributed by atoms with van der Waals surface area (Å²) in [6, 6.07) is 18.6. The van der Waals surface area contributed by atoms with Crippen molar-refractivity contribution in [1.82, 2.24) is 30.1 Å². The zero-order valence-electron chi connectivity index (χ0n) is 19.9. The highest BCUT2D eigenvalue weighted by Crippen LogP contribution is 2.33. The minimum Gasteiger partial charge on any atom is -0.369 e. The number of tetrazole rings is 1. The van der Waals surface area contributed by atoms with E-state index in [4.69, 9.17) is 11.6 Å². The second-order valence-corrected chi connectivity index (χ2v) is 9.91. The molecular formula is C26H30ClN7. The number of piperazine rings is 1. The van der Waals surface area contributed by atoms with E-state index in [-0.39, 0.29) is 11.6 Å². The molecule has 0 radical (unpaired) electrons. The normalized spacial score (nSPS) is 16.2.